The van der Waals surface area contributed by atoms with Gasteiger partial charge in [0.05, 0.1) is 0 Å². The summed E-state index contributed by atoms with van der Waals surface area (Å²) in [7, 11) is 0. The Bertz CT molecular complexity index is 705. The van der Waals surface area contributed by atoms with Gasteiger partial charge in [0.1, 0.15) is 0 Å². The molecule has 1 aliphatic heterocycles. The number of piperazine rings is 1. The summed E-state index contributed by atoms with van der Waals surface area (Å²) in [6.45, 7) is 3.93. The molecule has 1 N–H and O–H groups in total. The Morgan fingerprint density at radius 2 is 1.83 bits per heavy atom. The molecular formula is C16H17Cl2N5S. The lowest BCUT2D eigenvalue weighted by Gasteiger charge is -2.36. The minimum absolute atomic E-state index is 0.580. The Hall–Kier alpha value is -1.63. The van der Waals surface area contributed by atoms with Crippen LogP contribution < -0.4 is 10.2 Å². The van der Waals surface area contributed by atoms with Gasteiger partial charge in [-0.1, -0.05) is 29.3 Å². The van der Waals surface area contributed by atoms with E-state index in [0.717, 1.165) is 42.8 Å². The maximum atomic E-state index is 6.18. The van der Waals surface area contributed by atoms with Crippen molar-refractivity contribution >= 4 is 46.5 Å². The molecule has 0 spiro atoms. The summed E-state index contributed by atoms with van der Waals surface area (Å²) in [5, 5.41) is 5.27. The zero-order valence-electron chi connectivity index (χ0n) is 13.0. The number of nitrogens with one attached hydrogen (secondary N) is 1. The number of nitrogens with zero attached hydrogens (tertiary/aromatic N) is 4. The van der Waals surface area contributed by atoms with Gasteiger partial charge >= 0.3 is 0 Å². The molecule has 0 saturated carbocycles. The number of hydrogen-bond acceptors (Lipinski definition) is 4. The predicted molar refractivity (Wildman–Crippen MR) is 102 cm³/mol. The fraction of sp³-hybridized carbons (Fsp3) is 0.312. The Balaban J connectivity index is 1.50. The molecule has 1 saturated heterocycles. The highest BCUT2D eigenvalue weighted by Crippen LogP contribution is 2.20. The predicted octanol–water partition coefficient (Wildman–Crippen LogP) is 2.98. The molecule has 0 amide bonds. The number of benzene rings is 1. The molecule has 1 aromatic carbocycles. The monoisotopic (exact) mass is 381 g/mol. The average Bonchev–Trinajstić information content (AvgIpc) is 2.62. The Kier molecular flexibility index (Phi) is 5.71. The molecule has 0 unspecified atom stereocenters. The molecule has 2 aromatic rings. The van der Waals surface area contributed by atoms with Gasteiger partial charge in [-0.3, -0.25) is 0 Å². The smallest absolute Gasteiger partial charge is 0.225 e. The molecular weight excluding hydrogens is 365 g/mol. The quantitative estimate of drug-likeness (QED) is 0.824. The van der Waals surface area contributed by atoms with Gasteiger partial charge in [-0.05, 0) is 36.0 Å². The SMILES string of the molecule is S=C(NCc1ccc(Cl)cc1Cl)N1CCN(c2ncccn2)CC1. The fourth-order valence-electron chi connectivity index (χ4n) is 2.51. The van der Waals surface area contributed by atoms with E-state index in [1.165, 1.54) is 0 Å². The number of anilines is 1. The number of hydrogen-bond donors (Lipinski definition) is 1. The summed E-state index contributed by atoms with van der Waals surface area (Å²) in [4.78, 5) is 12.9. The molecule has 5 nitrogen and oxygen atoms in total. The highest BCUT2D eigenvalue weighted by atomic mass is 35.5. The molecule has 8 heteroatoms. The van der Waals surface area contributed by atoms with Gasteiger partial charge in [0.25, 0.3) is 0 Å². The van der Waals surface area contributed by atoms with Crippen LogP contribution in [0.15, 0.2) is 36.7 Å². The van der Waals surface area contributed by atoms with Crippen molar-refractivity contribution in [3.8, 4) is 0 Å². The van der Waals surface area contributed by atoms with Gasteiger partial charge in [-0.2, -0.15) is 0 Å². The van der Waals surface area contributed by atoms with Gasteiger partial charge < -0.3 is 15.1 Å². The van der Waals surface area contributed by atoms with Crippen LogP contribution in [0.2, 0.25) is 10.0 Å². The van der Waals surface area contributed by atoms with Crippen LogP contribution in [0.25, 0.3) is 0 Å². The minimum atomic E-state index is 0.580. The second-order valence-corrected chi connectivity index (χ2v) is 6.65. The van der Waals surface area contributed by atoms with Crippen LogP contribution in [-0.4, -0.2) is 46.2 Å². The Labute approximate surface area is 156 Å². The minimum Gasteiger partial charge on any atom is -0.358 e. The molecule has 126 valence electrons. The number of thiocarbonyl (C=S) groups is 1. The number of aromatic nitrogens is 2. The molecule has 24 heavy (non-hydrogen) atoms. The van der Waals surface area contributed by atoms with E-state index in [1.54, 1.807) is 18.5 Å². The third-order valence-electron chi connectivity index (χ3n) is 3.85. The van der Waals surface area contributed by atoms with Gasteiger partial charge in [0.15, 0.2) is 5.11 Å². The lowest BCUT2D eigenvalue weighted by atomic mass is 10.2. The third kappa shape index (κ3) is 4.26. The van der Waals surface area contributed by atoms with Crippen molar-refractivity contribution in [2.75, 3.05) is 31.1 Å². The first-order valence-electron chi connectivity index (χ1n) is 7.62. The lowest BCUT2D eigenvalue weighted by molar-refractivity contribution is 0.377. The molecule has 0 aliphatic carbocycles. The van der Waals surface area contributed by atoms with E-state index in [4.69, 9.17) is 35.4 Å². The molecule has 3 rings (SSSR count). The van der Waals surface area contributed by atoms with Crippen LogP contribution in [0.1, 0.15) is 5.56 Å². The normalized spacial score (nSPS) is 14.6. The average molecular weight is 382 g/mol. The van der Waals surface area contributed by atoms with Crippen LogP contribution in [0, 0.1) is 0 Å². The first-order valence-corrected chi connectivity index (χ1v) is 8.78. The van der Waals surface area contributed by atoms with E-state index in [1.807, 2.05) is 18.2 Å². The number of rotatable bonds is 3. The van der Waals surface area contributed by atoms with Crippen molar-refractivity contribution in [2.45, 2.75) is 6.54 Å². The maximum Gasteiger partial charge on any atom is 0.225 e. The second kappa shape index (κ2) is 7.96. The Morgan fingerprint density at radius 1 is 1.12 bits per heavy atom. The summed E-state index contributed by atoms with van der Waals surface area (Å²) in [6, 6.07) is 7.29. The van der Waals surface area contributed by atoms with Crippen molar-refractivity contribution in [1.29, 1.82) is 0 Å². The van der Waals surface area contributed by atoms with Crippen LogP contribution in [0.5, 0.6) is 0 Å². The van der Waals surface area contributed by atoms with Crippen molar-refractivity contribution in [3.63, 3.8) is 0 Å². The van der Waals surface area contributed by atoms with E-state index in [0.29, 0.717) is 16.6 Å². The van der Waals surface area contributed by atoms with Crippen LogP contribution in [0.3, 0.4) is 0 Å². The van der Waals surface area contributed by atoms with E-state index >= 15 is 0 Å². The molecule has 1 aliphatic rings. The molecule has 0 radical (unpaired) electrons. The fourth-order valence-corrected chi connectivity index (χ4v) is 3.24. The van der Waals surface area contributed by atoms with Crippen LogP contribution in [-0.2, 0) is 6.54 Å². The summed E-state index contributed by atoms with van der Waals surface area (Å²) < 4.78 is 0. The van der Waals surface area contributed by atoms with Gasteiger partial charge in [-0.15, -0.1) is 0 Å². The molecule has 0 atom stereocenters. The lowest BCUT2D eigenvalue weighted by Crippen LogP contribution is -2.52. The van der Waals surface area contributed by atoms with Gasteiger partial charge in [-0.25, -0.2) is 9.97 Å². The zero-order chi connectivity index (χ0) is 16.9. The first-order chi connectivity index (χ1) is 11.6. The highest BCUT2D eigenvalue weighted by Gasteiger charge is 2.20. The van der Waals surface area contributed by atoms with E-state index in [9.17, 15) is 0 Å². The van der Waals surface area contributed by atoms with Crippen LogP contribution >= 0.6 is 35.4 Å². The van der Waals surface area contributed by atoms with E-state index in [-0.39, 0.29) is 0 Å². The van der Waals surface area contributed by atoms with E-state index < -0.39 is 0 Å². The van der Waals surface area contributed by atoms with Crippen molar-refractivity contribution in [2.24, 2.45) is 0 Å². The first kappa shape index (κ1) is 17.2. The number of halogens is 2. The summed E-state index contributed by atoms with van der Waals surface area (Å²) in [5.41, 5.74) is 0.972. The zero-order valence-corrected chi connectivity index (χ0v) is 15.3. The summed E-state index contributed by atoms with van der Waals surface area (Å²) >= 11 is 17.6. The van der Waals surface area contributed by atoms with E-state index in [2.05, 4.69) is 25.1 Å². The summed E-state index contributed by atoms with van der Waals surface area (Å²) in [6.07, 6.45) is 3.52. The molecule has 2 heterocycles. The summed E-state index contributed by atoms with van der Waals surface area (Å²) in [5.74, 6) is 0.768. The Morgan fingerprint density at radius 3 is 2.50 bits per heavy atom. The third-order valence-corrected chi connectivity index (χ3v) is 4.84. The highest BCUT2D eigenvalue weighted by molar-refractivity contribution is 7.80. The molecule has 0 bridgehead atoms. The van der Waals surface area contributed by atoms with Crippen LogP contribution in [0.4, 0.5) is 5.95 Å². The van der Waals surface area contributed by atoms with Crippen molar-refractivity contribution in [3.05, 3.63) is 52.3 Å². The second-order valence-electron chi connectivity index (χ2n) is 5.42. The van der Waals surface area contributed by atoms with Crippen molar-refractivity contribution < 1.29 is 0 Å². The van der Waals surface area contributed by atoms with Crippen molar-refractivity contribution in [1.82, 2.24) is 20.2 Å². The topological polar surface area (TPSA) is 44.3 Å². The van der Waals surface area contributed by atoms with Gasteiger partial charge in [0.2, 0.25) is 5.95 Å². The standard InChI is InChI=1S/C16H17Cl2N5S/c17-13-3-2-12(14(18)10-13)11-21-16(24)23-8-6-22(7-9-23)15-19-4-1-5-20-15/h1-5,10H,6-9,11H2,(H,21,24). The molecule has 1 fully saturated rings. The molecule has 1 aromatic heterocycles. The largest absolute Gasteiger partial charge is 0.358 e. The van der Waals surface area contributed by atoms with Gasteiger partial charge in [0, 0.05) is 55.2 Å². The maximum absolute atomic E-state index is 6.18.